The van der Waals surface area contributed by atoms with Crippen LogP contribution in [-0.2, 0) is 17.6 Å². The Bertz CT molecular complexity index is 958. The van der Waals surface area contributed by atoms with Crippen LogP contribution in [0.25, 0.3) is 11.3 Å². The number of aromatic nitrogens is 4. The van der Waals surface area contributed by atoms with Gasteiger partial charge in [-0.2, -0.15) is 5.10 Å². The maximum Gasteiger partial charge on any atom is 0.228 e. The lowest BCUT2D eigenvalue weighted by molar-refractivity contribution is -0.115. The van der Waals surface area contributed by atoms with Crippen molar-refractivity contribution in [3.8, 4) is 11.3 Å². The van der Waals surface area contributed by atoms with Crippen molar-refractivity contribution in [2.24, 2.45) is 0 Å². The maximum absolute atomic E-state index is 12.1. The van der Waals surface area contributed by atoms with E-state index in [0.29, 0.717) is 12.5 Å². The first-order valence-corrected chi connectivity index (χ1v) is 8.61. The first-order chi connectivity index (χ1) is 12.6. The number of nitrogens with zero attached hydrogens (tertiary/aromatic N) is 3. The summed E-state index contributed by atoms with van der Waals surface area (Å²) in [6.45, 7) is 4.73. The first kappa shape index (κ1) is 16.3. The second-order valence-corrected chi connectivity index (χ2v) is 6.43. The maximum atomic E-state index is 12.1. The van der Waals surface area contributed by atoms with Crippen LogP contribution in [0.1, 0.15) is 22.5 Å². The molecule has 0 unspecified atom stereocenters. The quantitative estimate of drug-likeness (QED) is 0.674. The number of hydrogen-bond acceptors (Lipinski definition) is 5. The number of H-pyrrole nitrogens is 1. The van der Waals surface area contributed by atoms with Gasteiger partial charge in [-0.05, 0) is 31.9 Å². The summed E-state index contributed by atoms with van der Waals surface area (Å²) < 4.78 is 0. The molecule has 3 N–H and O–H groups in total. The number of fused-ring (bicyclic) bond motifs is 3. The van der Waals surface area contributed by atoms with Gasteiger partial charge in [-0.15, -0.1) is 0 Å². The smallest absolute Gasteiger partial charge is 0.228 e. The van der Waals surface area contributed by atoms with Crippen LogP contribution < -0.4 is 10.6 Å². The molecule has 0 radical (unpaired) electrons. The van der Waals surface area contributed by atoms with E-state index in [9.17, 15) is 4.79 Å². The number of para-hydroxylation sites is 1. The molecule has 0 aliphatic carbocycles. The number of hydrogen-bond donors (Lipinski definition) is 3. The fraction of sp³-hybridized carbons (Fsp3) is 0.263. The van der Waals surface area contributed by atoms with Crippen molar-refractivity contribution < 1.29 is 4.79 Å². The van der Waals surface area contributed by atoms with E-state index in [1.54, 1.807) is 6.20 Å². The molecular formula is C19H20N6O. The van der Waals surface area contributed by atoms with Crippen molar-refractivity contribution in [1.29, 1.82) is 0 Å². The third-order valence-corrected chi connectivity index (χ3v) is 4.61. The van der Waals surface area contributed by atoms with Crippen LogP contribution in [0.5, 0.6) is 0 Å². The summed E-state index contributed by atoms with van der Waals surface area (Å²) in [7, 11) is 0. The zero-order valence-electron chi connectivity index (χ0n) is 14.8. The summed E-state index contributed by atoms with van der Waals surface area (Å²) in [4.78, 5) is 21.1. The van der Waals surface area contributed by atoms with Crippen LogP contribution >= 0.6 is 0 Å². The van der Waals surface area contributed by atoms with Gasteiger partial charge in [-0.25, -0.2) is 9.97 Å². The van der Waals surface area contributed by atoms with Crippen molar-refractivity contribution in [2.75, 3.05) is 17.2 Å². The highest BCUT2D eigenvalue weighted by molar-refractivity contribution is 5.99. The van der Waals surface area contributed by atoms with Crippen LogP contribution in [0.2, 0.25) is 0 Å². The van der Waals surface area contributed by atoms with E-state index in [1.165, 1.54) is 5.56 Å². The number of aromatic amines is 1. The summed E-state index contributed by atoms with van der Waals surface area (Å²) in [6.07, 6.45) is 2.85. The Balaban J connectivity index is 1.58. The van der Waals surface area contributed by atoms with Crippen molar-refractivity contribution in [1.82, 2.24) is 20.2 Å². The van der Waals surface area contributed by atoms with Gasteiger partial charge in [0.1, 0.15) is 0 Å². The molecule has 0 saturated carbocycles. The fourth-order valence-corrected chi connectivity index (χ4v) is 3.26. The van der Waals surface area contributed by atoms with Gasteiger partial charge in [0.25, 0.3) is 0 Å². The SMILES string of the molecule is Cc1n[nH]c(C)c1CCNc1ncc2c(n1)-c1ccccc1NC(=O)C2. The van der Waals surface area contributed by atoms with Gasteiger partial charge in [-0.1, -0.05) is 18.2 Å². The average Bonchev–Trinajstić information content (AvgIpc) is 2.87. The van der Waals surface area contributed by atoms with Crippen LogP contribution in [0, 0.1) is 13.8 Å². The molecule has 1 aliphatic heterocycles. The number of amides is 1. The minimum Gasteiger partial charge on any atom is -0.354 e. The van der Waals surface area contributed by atoms with Gasteiger partial charge in [-0.3, -0.25) is 9.89 Å². The molecule has 0 fully saturated rings. The molecule has 0 bridgehead atoms. The van der Waals surface area contributed by atoms with Gasteiger partial charge in [0.2, 0.25) is 11.9 Å². The van der Waals surface area contributed by atoms with Crippen molar-refractivity contribution in [3.63, 3.8) is 0 Å². The summed E-state index contributed by atoms with van der Waals surface area (Å²) in [5.74, 6) is 0.512. The predicted molar refractivity (Wildman–Crippen MR) is 100 cm³/mol. The summed E-state index contributed by atoms with van der Waals surface area (Å²) in [5, 5.41) is 13.4. The van der Waals surface area contributed by atoms with Crippen molar-refractivity contribution in [3.05, 3.63) is 53.0 Å². The second kappa shape index (κ2) is 6.59. The summed E-state index contributed by atoms with van der Waals surface area (Å²) in [6, 6.07) is 7.70. The Hall–Kier alpha value is -3.22. The lowest BCUT2D eigenvalue weighted by Crippen LogP contribution is -2.13. The lowest BCUT2D eigenvalue weighted by Gasteiger charge is -2.10. The Kier molecular flexibility index (Phi) is 4.12. The number of anilines is 2. The molecule has 26 heavy (non-hydrogen) atoms. The van der Waals surface area contributed by atoms with E-state index >= 15 is 0 Å². The van der Waals surface area contributed by atoms with Crippen molar-refractivity contribution in [2.45, 2.75) is 26.7 Å². The first-order valence-electron chi connectivity index (χ1n) is 8.61. The molecule has 132 valence electrons. The number of carbonyl (C=O) groups is 1. The van der Waals surface area contributed by atoms with Gasteiger partial charge in [0.05, 0.1) is 23.5 Å². The van der Waals surface area contributed by atoms with Crippen LogP contribution in [0.3, 0.4) is 0 Å². The number of benzene rings is 1. The van der Waals surface area contributed by atoms with E-state index < -0.39 is 0 Å². The Morgan fingerprint density at radius 2 is 2.08 bits per heavy atom. The minimum atomic E-state index is -0.0496. The van der Waals surface area contributed by atoms with E-state index in [0.717, 1.165) is 40.3 Å². The molecule has 1 amide bonds. The molecule has 0 spiro atoms. The van der Waals surface area contributed by atoms with Crippen LogP contribution in [0.4, 0.5) is 11.6 Å². The number of rotatable bonds is 4. The monoisotopic (exact) mass is 348 g/mol. The van der Waals surface area contributed by atoms with E-state index in [1.807, 2.05) is 38.1 Å². The summed E-state index contributed by atoms with van der Waals surface area (Å²) in [5.41, 5.74) is 6.65. The van der Waals surface area contributed by atoms with Crippen LogP contribution in [0.15, 0.2) is 30.5 Å². The molecule has 7 nitrogen and oxygen atoms in total. The lowest BCUT2D eigenvalue weighted by atomic mass is 10.1. The molecule has 3 heterocycles. The molecule has 0 atom stereocenters. The van der Waals surface area contributed by atoms with Crippen LogP contribution in [-0.4, -0.2) is 32.6 Å². The predicted octanol–water partition coefficient (Wildman–Crippen LogP) is 2.63. The van der Waals surface area contributed by atoms with E-state index in [2.05, 4.69) is 30.8 Å². The van der Waals surface area contributed by atoms with E-state index in [-0.39, 0.29) is 12.3 Å². The highest BCUT2D eigenvalue weighted by Gasteiger charge is 2.20. The zero-order chi connectivity index (χ0) is 18.1. The van der Waals surface area contributed by atoms with Gasteiger partial charge in [0.15, 0.2) is 0 Å². The second-order valence-electron chi connectivity index (χ2n) is 6.43. The molecule has 7 heteroatoms. The minimum absolute atomic E-state index is 0.0496. The van der Waals surface area contributed by atoms with E-state index in [4.69, 9.17) is 0 Å². The fourth-order valence-electron chi connectivity index (χ4n) is 3.26. The molecule has 0 saturated heterocycles. The Labute approximate surface area is 151 Å². The highest BCUT2D eigenvalue weighted by atomic mass is 16.1. The molecular weight excluding hydrogens is 328 g/mol. The molecule has 4 rings (SSSR count). The number of nitrogens with one attached hydrogen (secondary N) is 3. The zero-order valence-corrected chi connectivity index (χ0v) is 14.8. The van der Waals surface area contributed by atoms with Crippen molar-refractivity contribution >= 4 is 17.5 Å². The molecule has 3 aromatic rings. The topological polar surface area (TPSA) is 95.6 Å². The van der Waals surface area contributed by atoms with Gasteiger partial charge >= 0.3 is 0 Å². The molecule has 2 aromatic heterocycles. The van der Waals surface area contributed by atoms with Gasteiger partial charge in [0, 0.05) is 29.6 Å². The molecule has 1 aromatic carbocycles. The highest BCUT2D eigenvalue weighted by Crippen LogP contribution is 2.32. The third kappa shape index (κ3) is 3.03. The number of aryl methyl sites for hydroxylation is 2. The summed E-state index contributed by atoms with van der Waals surface area (Å²) >= 11 is 0. The normalized spacial score (nSPS) is 12.8. The largest absolute Gasteiger partial charge is 0.354 e. The standard InChI is InChI=1S/C19H20N6O/c1-11-14(12(2)25-24-11)7-8-20-19-21-10-13-9-17(26)22-16-6-4-3-5-15(16)18(13)23-19/h3-6,10H,7-9H2,1-2H3,(H,22,26)(H,24,25)(H,20,21,23). The average molecular weight is 348 g/mol. The van der Waals surface area contributed by atoms with Gasteiger partial charge < -0.3 is 10.6 Å². The number of carbonyl (C=O) groups excluding carboxylic acids is 1. The third-order valence-electron chi connectivity index (χ3n) is 4.61. The Morgan fingerprint density at radius 1 is 1.23 bits per heavy atom. The Morgan fingerprint density at radius 3 is 2.88 bits per heavy atom. The molecule has 1 aliphatic rings.